The van der Waals surface area contributed by atoms with Gasteiger partial charge in [-0.05, 0) is 59.3 Å². The molecule has 0 bridgehead atoms. The molecule has 2 aliphatic heterocycles. The van der Waals surface area contributed by atoms with Crippen molar-refractivity contribution in [2.45, 2.75) is 59.0 Å². The molecule has 2 heterocycles. The van der Waals surface area contributed by atoms with Crippen LogP contribution in [0.15, 0.2) is 4.99 Å². The smallest absolute Gasteiger partial charge is 0.410 e. The highest BCUT2D eigenvalue weighted by Gasteiger charge is 2.28. The fourth-order valence-corrected chi connectivity index (χ4v) is 3.97. The van der Waals surface area contributed by atoms with E-state index in [9.17, 15) is 4.79 Å². The normalized spacial score (nSPS) is 23.0. The molecule has 2 unspecified atom stereocenters. The Balaban J connectivity index is 0.00000420. The van der Waals surface area contributed by atoms with Crippen molar-refractivity contribution in [3.8, 4) is 0 Å². The topological polar surface area (TPSA) is 66.4 Å². The highest BCUT2D eigenvalue weighted by Crippen LogP contribution is 2.22. The third-order valence-corrected chi connectivity index (χ3v) is 5.29. The molecule has 8 heteroatoms. The number of hydrogen-bond donors (Lipinski definition) is 1. The Morgan fingerprint density at radius 3 is 2.52 bits per heavy atom. The van der Waals surface area contributed by atoms with Crippen molar-refractivity contribution in [3.63, 3.8) is 0 Å². The van der Waals surface area contributed by atoms with Crippen LogP contribution >= 0.6 is 24.0 Å². The number of rotatable bonds is 6. The van der Waals surface area contributed by atoms with Crippen molar-refractivity contribution < 1.29 is 14.3 Å². The number of halogens is 1. The molecule has 0 spiro atoms. The molecule has 0 aliphatic carbocycles. The van der Waals surface area contributed by atoms with Gasteiger partial charge in [0.05, 0.1) is 6.61 Å². The van der Waals surface area contributed by atoms with Crippen molar-refractivity contribution in [2.24, 2.45) is 16.8 Å². The molecule has 170 valence electrons. The van der Waals surface area contributed by atoms with Crippen LogP contribution in [0.3, 0.4) is 0 Å². The number of carbonyl (C=O) groups is 1. The second-order valence-electron chi connectivity index (χ2n) is 9.02. The zero-order chi connectivity index (χ0) is 20.6. The lowest BCUT2D eigenvalue weighted by Gasteiger charge is -2.34. The largest absolute Gasteiger partial charge is 0.444 e. The summed E-state index contributed by atoms with van der Waals surface area (Å²) in [6, 6.07) is 0. The monoisotopic (exact) mass is 524 g/mol. The quantitative estimate of drug-likeness (QED) is 0.327. The second kappa shape index (κ2) is 12.8. The molecule has 0 aromatic carbocycles. The van der Waals surface area contributed by atoms with Gasteiger partial charge >= 0.3 is 6.09 Å². The lowest BCUT2D eigenvalue weighted by molar-refractivity contribution is 0.0163. The van der Waals surface area contributed by atoms with Gasteiger partial charge in [-0.2, -0.15) is 0 Å². The number of nitrogens with one attached hydrogen (secondary N) is 1. The highest BCUT2D eigenvalue weighted by molar-refractivity contribution is 14.0. The van der Waals surface area contributed by atoms with Crippen LogP contribution in [0.5, 0.6) is 0 Å². The molecule has 2 atom stereocenters. The SMILES string of the molecule is CCNC(=NCCC1CCCN(C(=O)OC(C)(C)C)C1)N1CCC(COC)C1.I. The minimum absolute atomic E-state index is 0. The first-order chi connectivity index (χ1) is 13.3. The molecule has 29 heavy (non-hydrogen) atoms. The molecule has 0 aromatic rings. The third-order valence-electron chi connectivity index (χ3n) is 5.29. The van der Waals surface area contributed by atoms with Gasteiger partial charge in [0, 0.05) is 52.3 Å². The molecular formula is C21H41IN4O3. The molecule has 0 aromatic heterocycles. The maximum absolute atomic E-state index is 12.3. The van der Waals surface area contributed by atoms with E-state index >= 15 is 0 Å². The average molecular weight is 524 g/mol. The van der Waals surface area contributed by atoms with Crippen LogP contribution in [0.2, 0.25) is 0 Å². The molecule has 7 nitrogen and oxygen atoms in total. The molecule has 0 radical (unpaired) electrons. The van der Waals surface area contributed by atoms with Crippen LogP contribution in [-0.4, -0.2) is 80.4 Å². The van der Waals surface area contributed by atoms with E-state index < -0.39 is 5.60 Å². The van der Waals surface area contributed by atoms with E-state index in [1.807, 2.05) is 25.7 Å². The molecular weight excluding hydrogens is 483 g/mol. The van der Waals surface area contributed by atoms with Gasteiger partial charge in [0.2, 0.25) is 0 Å². The van der Waals surface area contributed by atoms with Gasteiger partial charge < -0.3 is 24.6 Å². The van der Waals surface area contributed by atoms with Crippen LogP contribution in [0.4, 0.5) is 4.79 Å². The fourth-order valence-electron chi connectivity index (χ4n) is 3.97. The Bertz CT molecular complexity index is 525. The Kier molecular flexibility index (Phi) is 11.6. The predicted octanol–water partition coefficient (Wildman–Crippen LogP) is 3.58. The highest BCUT2D eigenvalue weighted by atomic mass is 127. The van der Waals surface area contributed by atoms with Gasteiger partial charge in [0.25, 0.3) is 0 Å². The van der Waals surface area contributed by atoms with Crippen molar-refractivity contribution in [3.05, 3.63) is 0 Å². The van der Waals surface area contributed by atoms with Gasteiger partial charge in [-0.3, -0.25) is 4.99 Å². The number of carbonyl (C=O) groups excluding carboxylic acids is 1. The number of likely N-dealkylation sites (tertiary alicyclic amines) is 2. The summed E-state index contributed by atoms with van der Waals surface area (Å²) < 4.78 is 10.8. The van der Waals surface area contributed by atoms with Crippen LogP contribution in [0.1, 0.15) is 53.4 Å². The van der Waals surface area contributed by atoms with E-state index in [1.165, 1.54) is 0 Å². The van der Waals surface area contributed by atoms with E-state index in [4.69, 9.17) is 14.5 Å². The lowest BCUT2D eigenvalue weighted by Crippen LogP contribution is -2.43. The molecule has 1 amide bonds. The van der Waals surface area contributed by atoms with Gasteiger partial charge in [-0.1, -0.05) is 0 Å². The number of methoxy groups -OCH3 is 1. The molecule has 2 aliphatic rings. The van der Waals surface area contributed by atoms with Gasteiger partial charge in [0.1, 0.15) is 5.60 Å². The molecule has 1 N–H and O–H groups in total. The number of nitrogens with zero attached hydrogens (tertiary/aromatic N) is 3. The van der Waals surface area contributed by atoms with E-state index in [-0.39, 0.29) is 30.1 Å². The van der Waals surface area contributed by atoms with Gasteiger partial charge in [0.15, 0.2) is 5.96 Å². The molecule has 2 rings (SSSR count). The van der Waals surface area contributed by atoms with Gasteiger partial charge in [-0.25, -0.2) is 4.79 Å². The first-order valence-electron chi connectivity index (χ1n) is 10.8. The summed E-state index contributed by atoms with van der Waals surface area (Å²) in [4.78, 5) is 21.4. The Hall–Kier alpha value is -0.770. The predicted molar refractivity (Wildman–Crippen MR) is 128 cm³/mol. The van der Waals surface area contributed by atoms with E-state index in [2.05, 4.69) is 17.1 Å². The summed E-state index contributed by atoms with van der Waals surface area (Å²) in [6.07, 6.45) is 4.17. The number of hydrogen-bond acceptors (Lipinski definition) is 4. The summed E-state index contributed by atoms with van der Waals surface area (Å²) in [5, 5.41) is 3.43. The van der Waals surface area contributed by atoms with Crippen LogP contribution < -0.4 is 5.32 Å². The molecule has 2 saturated heterocycles. The zero-order valence-corrected chi connectivity index (χ0v) is 21.2. The average Bonchev–Trinajstić information content (AvgIpc) is 3.09. The van der Waals surface area contributed by atoms with Crippen LogP contribution in [-0.2, 0) is 9.47 Å². The number of ether oxygens (including phenoxy) is 2. The van der Waals surface area contributed by atoms with Crippen molar-refractivity contribution in [1.82, 2.24) is 15.1 Å². The Morgan fingerprint density at radius 1 is 1.14 bits per heavy atom. The third kappa shape index (κ3) is 9.27. The minimum atomic E-state index is -0.439. The van der Waals surface area contributed by atoms with Crippen molar-refractivity contribution in [1.29, 1.82) is 0 Å². The fraction of sp³-hybridized carbons (Fsp3) is 0.905. The standard InChI is InChI=1S/C21H40N4O3.HI/c1-6-22-19(24-13-10-18(15-24)16-27-5)23-11-9-17-8-7-12-25(14-17)20(26)28-21(2,3)4;/h17-18H,6-16H2,1-5H3,(H,22,23);1H. The Labute approximate surface area is 194 Å². The van der Waals surface area contributed by atoms with E-state index in [0.717, 1.165) is 77.5 Å². The zero-order valence-electron chi connectivity index (χ0n) is 18.9. The van der Waals surface area contributed by atoms with E-state index in [0.29, 0.717) is 11.8 Å². The second-order valence-corrected chi connectivity index (χ2v) is 9.02. The lowest BCUT2D eigenvalue weighted by atomic mass is 9.95. The van der Waals surface area contributed by atoms with Crippen molar-refractivity contribution >= 4 is 36.0 Å². The summed E-state index contributed by atoms with van der Waals surface area (Å²) in [6.45, 7) is 14.0. The number of aliphatic imine (C=N–C) groups is 1. The summed E-state index contributed by atoms with van der Waals surface area (Å²) in [5.74, 6) is 2.10. The maximum atomic E-state index is 12.3. The van der Waals surface area contributed by atoms with Gasteiger partial charge in [-0.15, -0.1) is 24.0 Å². The number of amides is 1. The molecule has 2 fully saturated rings. The summed E-state index contributed by atoms with van der Waals surface area (Å²) in [7, 11) is 1.77. The number of guanidine groups is 1. The first-order valence-corrected chi connectivity index (χ1v) is 10.8. The minimum Gasteiger partial charge on any atom is -0.444 e. The van der Waals surface area contributed by atoms with Crippen LogP contribution in [0, 0.1) is 11.8 Å². The summed E-state index contributed by atoms with van der Waals surface area (Å²) >= 11 is 0. The first kappa shape index (κ1) is 26.3. The van der Waals surface area contributed by atoms with Crippen molar-refractivity contribution in [2.75, 3.05) is 53.0 Å². The Morgan fingerprint density at radius 2 is 1.86 bits per heavy atom. The maximum Gasteiger partial charge on any atom is 0.410 e. The summed E-state index contributed by atoms with van der Waals surface area (Å²) in [5.41, 5.74) is -0.439. The van der Waals surface area contributed by atoms with Crippen LogP contribution in [0.25, 0.3) is 0 Å². The number of piperidine rings is 1. The van der Waals surface area contributed by atoms with E-state index in [1.54, 1.807) is 7.11 Å². The molecule has 0 saturated carbocycles.